The molecule has 0 aliphatic carbocycles. The van der Waals surface area contributed by atoms with Gasteiger partial charge in [-0.25, -0.2) is 14.2 Å². The normalized spacial score (nSPS) is 17.6. The molecule has 1 aromatic carbocycles. The molecule has 2 atom stereocenters. The van der Waals surface area contributed by atoms with Gasteiger partial charge in [-0.15, -0.1) is 0 Å². The second-order valence-electron chi connectivity index (χ2n) is 9.81. The van der Waals surface area contributed by atoms with Crippen LogP contribution in [0.1, 0.15) is 6.42 Å². The van der Waals surface area contributed by atoms with E-state index < -0.39 is 19.2 Å². The van der Waals surface area contributed by atoms with E-state index in [-0.39, 0.29) is 0 Å². The van der Waals surface area contributed by atoms with Crippen molar-refractivity contribution in [3.8, 4) is 0 Å². The van der Waals surface area contributed by atoms with Gasteiger partial charge in [-0.3, -0.25) is 0 Å². The minimum absolute atomic E-state index is 0.326. The molecule has 4 rings (SSSR count). The third-order valence-corrected chi connectivity index (χ3v) is 8.60. The first-order valence-corrected chi connectivity index (χ1v) is 16.1. The van der Waals surface area contributed by atoms with E-state index >= 15 is 0 Å². The Balaban J connectivity index is 1.43. The van der Waals surface area contributed by atoms with Crippen molar-refractivity contribution < 1.29 is 13.5 Å². The van der Waals surface area contributed by atoms with Crippen LogP contribution >= 0.6 is 0 Å². The van der Waals surface area contributed by atoms with Gasteiger partial charge in [0.15, 0.2) is 11.1 Å². The number of hydrogen-bond donors (Lipinski definition) is 1. The smallest absolute Gasteiger partial charge is 0.186 e. The SMILES string of the molecule is CN(c1ccc(S(=O)O)cc1)[C@@H]1CCN(c2ncnc3c2ccn3COCC[Si](C)(C)C)C1. The third-order valence-electron chi connectivity index (χ3n) is 6.22. The molecule has 1 N–H and O–H groups in total. The summed E-state index contributed by atoms with van der Waals surface area (Å²) in [5, 5.41) is 1.05. The molecular weight excluding hydrogens is 454 g/mol. The van der Waals surface area contributed by atoms with Crippen LogP contribution in [0, 0.1) is 0 Å². The summed E-state index contributed by atoms with van der Waals surface area (Å²) in [6.45, 7) is 10.1. The maximum Gasteiger partial charge on any atom is 0.186 e. The average molecular weight is 488 g/mol. The van der Waals surface area contributed by atoms with E-state index in [1.807, 2.05) is 18.3 Å². The van der Waals surface area contributed by atoms with Gasteiger partial charge in [0.25, 0.3) is 0 Å². The molecule has 1 saturated heterocycles. The van der Waals surface area contributed by atoms with Crippen molar-refractivity contribution in [2.24, 2.45) is 0 Å². The maximum absolute atomic E-state index is 11.2. The quantitative estimate of drug-likeness (QED) is 0.277. The molecule has 1 aliphatic heterocycles. The van der Waals surface area contributed by atoms with Crippen LogP contribution in [0.4, 0.5) is 11.5 Å². The van der Waals surface area contributed by atoms with Gasteiger partial charge in [-0.2, -0.15) is 0 Å². The highest BCUT2D eigenvalue weighted by atomic mass is 32.2. The second kappa shape index (κ2) is 9.92. The fourth-order valence-corrected chi connectivity index (χ4v) is 5.27. The zero-order valence-corrected chi connectivity index (χ0v) is 21.6. The van der Waals surface area contributed by atoms with Crippen molar-refractivity contribution in [2.45, 2.75) is 49.8 Å². The Labute approximate surface area is 198 Å². The Bertz CT molecular complexity index is 1120. The highest BCUT2D eigenvalue weighted by Gasteiger charge is 2.28. The van der Waals surface area contributed by atoms with Gasteiger partial charge >= 0.3 is 0 Å². The molecule has 10 heteroatoms. The molecule has 3 aromatic rings. The van der Waals surface area contributed by atoms with E-state index in [2.05, 4.69) is 57.1 Å². The number of anilines is 2. The lowest BCUT2D eigenvalue weighted by Crippen LogP contribution is -2.34. The summed E-state index contributed by atoms with van der Waals surface area (Å²) < 4.78 is 28.5. The van der Waals surface area contributed by atoms with Crippen LogP contribution in [0.3, 0.4) is 0 Å². The Morgan fingerprint density at radius 1 is 1.21 bits per heavy atom. The molecule has 0 radical (unpaired) electrons. The Kier molecular flexibility index (Phi) is 7.18. The zero-order valence-electron chi connectivity index (χ0n) is 19.8. The number of nitrogens with zero attached hydrogens (tertiary/aromatic N) is 5. The minimum atomic E-state index is -1.95. The summed E-state index contributed by atoms with van der Waals surface area (Å²) in [5.41, 5.74) is 1.93. The minimum Gasteiger partial charge on any atom is -0.370 e. The molecule has 1 fully saturated rings. The van der Waals surface area contributed by atoms with E-state index in [0.717, 1.165) is 54.7 Å². The first-order valence-electron chi connectivity index (χ1n) is 11.3. The van der Waals surface area contributed by atoms with Gasteiger partial charge < -0.3 is 23.7 Å². The first kappa shape index (κ1) is 23.9. The summed E-state index contributed by atoms with van der Waals surface area (Å²) >= 11 is -1.95. The van der Waals surface area contributed by atoms with Crippen molar-refractivity contribution in [1.82, 2.24) is 14.5 Å². The van der Waals surface area contributed by atoms with Crippen LogP contribution in [-0.2, 0) is 22.5 Å². The summed E-state index contributed by atoms with van der Waals surface area (Å²) in [7, 11) is 0.969. The topological polar surface area (TPSA) is 83.7 Å². The van der Waals surface area contributed by atoms with Gasteiger partial charge in [-0.05, 0) is 42.8 Å². The summed E-state index contributed by atoms with van der Waals surface area (Å²) in [5.74, 6) is 0.961. The summed E-state index contributed by atoms with van der Waals surface area (Å²) in [6.07, 6.45) is 4.68. The molecule has 0 saturated carbocycles. The van der Waals surface area contributed by atoms with Crippen LogP contribution in [0.5, 0.6) is 0 Å². The zero-order chi connectivity index (χ0) is 23.6. The standard InChI is InChI=1S/C23H33N5O3SSi/c1-26(18-5-7-20(8-6-18)32(29)30)19-9-11-27(15-19)22-21-10-12-28(23(21)25-16-24-22)17-31-13-14-33(2,3)4/h5-8,10,12,16,19H,9,11,13-15,17H2,1-4H3,(H,29,30)/t19-/m1/s1. The van der Waals surface area contributed by atoms with E-state index in [0.29, 0.717) is 17.7 Å². The van der Waals surface area contributed by atoms with Crippen molar-refractivity contribution in [3.63, 3.8) is 0 Å². The molecule has 1 aliphatic rings. The van der Waals surface area contributed by atoms with Crippen molar-refractivity contribution >= 4 is 41.7 Å². The molecule has 0 amide bonds. The van der Waals surface area contributed by atoms with Crippen LogP contribution in [-0.4, -0.2) is 64.2 Å². The second-order valence-corrected chi connectivity index (χ2v) is 16.4. The van der Waals surface area contributed by atoms with Gasteiger partial charge in [-0.1, -0.05) is 19.6 Å². The number of hydrogen-bond acceptors (Lipinski definition) is 6. The van der Waals surface area contributed by atoms with E-state index in [1.54, 1.807) is 18.5 Å². The predicted octanol–water partition coefficient (Wildman–Crippen LogP) is 4.04. The molecule has 33 heavy (non-hydrogen) atoms. The molecule has 0 spiro atoms. The highest BCUT2D eigenvalue weighted by Crippen LogP contribution is 2.29. The van der Waals surface area contributed by atoms with Crippen molar-refractivity contribution in [2.75, 3.05) is 36.5 Å². The molecule has 0 bridgehead atoms. The van der Waals surface area contributed by atoms with E-state index in [9.17, 15) is 8.76 Å². The Hall–Kier alpha value is -2.27. The molecule has 3 heterocycles. The van der Waals surface area contributed by atoms with Crippen molar-refractivity contribution in [1.29, 1.82) is 0 Å². The van der Waals surface area contributed by atoms with Gasteiger partial charge in [0.05, 0.1) is 10.3 Å². The largest absolute Gasteiger partial charge is 0.370 e. The van der Waals surface area contributed by atoms with E-state index in [1.165, 1.54) is 0 Å². The maximum atomic E-state index is 11.2. The summed E-state index contributed by atoms with van der Waals surface area (Å²) in [4.78, 5) is 14.1. The molecule has 178 valence electrons. The van der Waals surface area contributed by atoms with Crippen LogP contribution in [0.2, 0.25) is 25.7 Å². The van der Waals surface area contributed by atoms with Gasteiger partial charge in [0, 0.05) is 52.7 Å². The van der Waals surface area contributed by atoms with Crippen LogP contribution < -0.4 is 9.80 Å². The summed E-state index contributed by atoms with van der Waals surface area (Å²) in [6, 6.07) is 10.8. The molecule has 2 aromatic heterocycles. The van der Waals surface area contributed by atoms with Gasteiger partial charge in [0.2, 0.25) is 0 Å². The number of ether oxygens (including phenoxy) is 1. The molecule has 8 nitrogen and oxygen atoms in total. The lowest BCUT2D eigenvalue weighted by molar-refractivity contribution is 0.0899. The van der Waals surface area contributed by atoms with Crippen LogP contribution in [0.25, 0.3) is 11.0 Å². The van der Waals surface area contributed by atoms with Crippen LogP contribution in [0.15, 0.2) is 47.8 Å². The average Bonchev–Trinajstić information content (AvgIpc) is 3.43. The fourth-order valence-electron chi connectivity index (χ4n) is 4.15. The Morgan fingerprint density at radius 3 is 2.67 bits per heavy atom. The molecule has 1 unspecified atom stereocenters. The number of benzene rings is 1. The number of fused-ring (bicyclic) bond motifs is 1. The number of likely N-dealkylation sites (N-methyl/N-ethyl adjacent to an activating group) is 1. The van der Waals surface area contributed by atoms with E-state index in [4.69, 9.17) is 4.74 Å². The third kappa shape index (κ3) is 5.63. The molecular formula is C23H33N5O3SSi. The lowest BCUT2D eigenvalue weighted by Gasteiger charge is -2.27. The fraction of sp³-hybridized carbons (Fsp3) is 0.478. The first-order chi connectivity index (χ1) is 15.7. The lowest BCUT2D eigenvalue weighted by atomic mass is 10.2. The number of aromatic nitrogens is 3. The number of rotatable bonds is 9. The van der Waals surface area contributed by atoms with Gasteiger partial charge in [0.1, 0.15) is 24.5 Å². The predicted molar refractivity (Wildman–Crippen MR) is 136 cm³/mol. The Morgan fingerprint density at radius 2 is 1.97 bits per heavy atom. The monoisotopic (exact) mass is 487 g/mol. The highest BCUT2D eigenvalue weighted by molar-refractivity contribution is 7.79. The van der Waals surface area contributed by atoms with Crippen molar-refractivity contribution in [3.05, 3.63) is 42.9 Å².